The minimum Gasteiger partial charge on any atom is -0.352 e. The van der Waals surface area contributed by atoms with Crippen LogP contribution in [0.5, 0.6) is 0 Å². The fraction of sp³-hybridized carbons (Fsp3) is 0.273. The van der Waals surface area contributed by atoms with E-state index in [1.54, 1.807) is 0 Å². The monoisotopic (exact) mass is 345 g/mol. The number of fused-ring (bicyclic) bond motifs is 3. The van der Waals surface area contributed by atoms with Crippen molar-refractivity contribution in [1.82, 2.24) is 15.5 Å². The zero-order valence-electron chi connectivity index (χ0n) is 15.0. The number of rotatable bonds is 6. The van der Waals surface area contributed by atoms with Gasteiger partial charge in [0.05, 0.1) is 11.4 Å². The average molecular weight is 345 g/mol. The Balaban J connectivity index is 1.50. The van der Waals surface area contributed by atoms with Crippen LogP contribution in [0.15, 0.2) is 48.5 Å². The van der Waals surface area contributed by atoms with E-state index in [1.165, 1.54) is 16.7 Å². The molecule has 0 radical (unpaired) electrons. The highest BCUT2D eigenvalue weighted by Gasteiger charge is 2.24. The van der Waals surface area contributed by atoms with Crippen molar-refractivity contribution in [1.29, 1.82) is 0 Å². The van der Waals surface area contributed by atoms with Crippen molar-refractivity contribution in [3.8, 4) is 22.5 Å². The van der Waals surface area contributed by atoms with Gasteiger partial charge in [0.1, 0.15) is 0 Å². The van der Waals surface area contributed by atoms with Crippen LogP contribution in [0.4, 0.5) is 0 Å². The van der Waals surface area contributed by atoms with E-state index in [2.05, 4.69) is 46.7 Å². The maximum Gasteiger partial charge on any atom is 0.251 e. The Morgan fingerprint density at radius 1 is 1.12 bits per heavy atom. The van der Waals surface area contributed by atoms with E-state index in [1.807, 2.05) is 24.3 Å². The molecule has 0 atom stereocenters. The normalized spacial score (nSPS) is 11.9. The molecule has 4 rings (SSSR count). The first-order chi connectivity index (χ1) is 12.8. The van der Waals surface area contributed by atoms with Crippen molar-refractivity contribution in [3.63, 3.8) is 0 Å². The van der Waals surface area contributed by atoms with Crippen molar-refractivity contribution in [2.24, 2.45) is 0 Å². The van der Waals surface area contributed by atoms with Gasteiger partial charge in [-0.05, 0) is 24.1 Å². The molecule has 1 amide bonds. The van der Waals surface area contributed by atoms with E-state index in [9.17, 15) is 4.79 Å². The van der Waals surface area contributed by atoms with Gasteiger partial charge in [-0.1, -0.05) is 56.2 Å². The number of hydrogen-bond acceptors (Lipinski definition) is 2. The van der Waals surface area contributed by atoms with E-state index in [-0.39, 0.29) is 5.91 Å². The van der Waals surface area contributed by atoms with Gasteiger partial charge in [-0.2, -0.15) is 5.10 Å². The van der Waals surface area contributed by atoms with E-state index < -0.39 is 0 Å². The number of amides is 1. The number of aromatic amines is 1. The largest absolute Gasteiger partial charge is 0.352 e. The molecule has 3 aromatic rings. The second-order valence-corrected chi connectivity index (χ2v) is 6.80. The quantitative estimate of drug-likeness (QED) is 0.503. The first kappa shape index (κ1) is 16.6. The molecule has 2 N–H and O–H groups in total. The maximum absolute atomic E-state index is 12.2. The molecule has 132 valence electrons. The Bertz CT molecular complexity index is 925. The lowest BCUT2D eigenvalue weighted by Gasteiger charge is -2.06. The molecule has 0 aliphatic heterocycles. The Morgan fingerprint density at radius 3 is 2.73 bits per heavy atom. The number of benzene rings is 2. The van der Waals surface area contributed by atoms with Crippen molar-refractivity contribution in [2.45, 2.75) is 32.6 Å². The van der Waals surface area contributed by atoms with Gasteiger partial charge in [0.25, 0.3) is 5.91 Å². The fourth-order valence-electron chi connectivity index (χ4n) is 3.57. The standard InChI is InChI=1S/C22H23N3O/c1-2-3-6-13-23-22(26)16-11-9-15(10-12-16)20-19-14-17-7-4-5-8-18(17)21(19)25-24-20/h4-5,7-12H,2-3,6,13-14H2,1H3,(H,23,26)(H,24,25). The van der Waals surface area contributed by atoms with Crippen LogP contribution in [-0.4, -0.2) is 22.6 Å². The van der Waals surface area contributed by atoms with Crippen LogP contribution in [-0.2, 0) is 6.42 Å². The molecule has 1 aromatic heterocycles. The SMILES string of the molecule is CCCCCNC(=O)c1ccc(-c2n[nH]c3c2Cc2ccccc2-3)cc1. The van der Waals surface area contributed by atoms with Crippen molar-refractivity contribution >= 4 is 5.91 Å². The van der Waals surface area contributed by atoms with Crippen molar-refractivity contribution < 1.29 is 4.79 Å². The number of H-pyrrole nitrogens is 1. The highest BCUT2D eigenvalue weighted by Crippen LogP contribution is 2.39. The average Bonchev–Trinajstić information content (AvgIpc) is 3.24. The third-order valence-corrected chi connectivity index (χ3v) is 5.01. The van der Waals surface area contributed by atoms with E-state index in [0.29, 0.717) is 5.56 Å². The Hall–Kier alpha value is -2.88. The van der Waals surface area contributed by atoms with Crippen LogP contribution in [0, 0.1) is 0 Å². The first-order valence-electron chi connectivity index (χ1n) is 9.32. The number of carbonyl (C=O) groups is 1. The molecule has 0 fully saturated rings. The Kier molecular flexibility index (Phi) is 4.57. The lowest BCUT2D eigenvalue weighted by atomic mass is 10.0. The summed E-state index contributed by atoms with van der Waals surface area (Å²) in [5.41, 5.74) is 7.64. The molecule has 1 aliphatic carbocycles. The Labute approximate surface area is 153 Å². The third-order valence-electron chi connectivity index (χ3n) is 5.01. The molecule has 1 aliphatic rings. The number of nitrogens with zero attached hydrogens (tertiary/aromatic N) is 1. The smallest absolute Gasteiger partial charge is 0.251 e. The van der Waals surface area contributed by atoms with Gasteiger partial charge >= 0.3 is 0 Å². The lowest BCUT2D eigenvalue weighted by Crippen LogP contribution is -2.24. The predicted octanol–water partition coefficient (Wildman–Crippen LogP) is 4.57. The van der Waals surface area contributed by atoms with Crippen LogP contribution >= 0.6 is 0 Å². The zero-order valence-corrected chi connectivity index (χ0v) is 15.0. The van der Waals surface area contributed by atoms with Crippen LogP contribution in [0.2, 0.25) is 0 Å². The van der Waals surface area contributed by atoms with Gasteiger partial charge < -0.3 is 5.32 Å². The van der Waals surface area contributed by atoms with Crippen LogP contribution in [0.1, 0.15) is 47.7 Å². The van der Waals surface area contributed by atoms with E-state index in [4.69, 9.17) is 0 Å². The summed E-state index contributed by atoms with van der Waals surface area (Å²) in [4.78, 5) is 12.2. The van der Waals surface area contributed by atoms with E-state index in [0.717, 1.165) is 49.2 Å². The van der Waals surface area contributed by atoms with Crippen LogP contribution in [0.25, 0.3) is 22.5 Å². The molecule has 2 aromatic carbocycles. The molecule has 0 bridgehead atoms. The molecule has 0 saturated heterocycles. The molecule has 1 heterocycles. The predicted molar refractivity (Wildman–Crippen MR) is 104 cm³/mol. The molecule has 0 spiro atoms. The summed E-state index contributed by atoms with van der Waals surface area (Å²) in [5, 5.41) is 10.7. The van der Waals surface area contributed by atoms with Crippen molar-refractivity contribution in [2.75, 3.05) is 6.54 Å². The van der Waals surface area contributed by atoms with Gasteiger partial charge in [0, 0.05) is 35.2 Å². The molecule has 0 saturated carbocycles. The summed E-state index contributed by atoms with van der Waals surface area (Å²) in [7, 11) is 0. The maximum atomic E-state index is 12.2. The minimum atomic E-state index is -0.00712. The van der Waals surface area contributed by atoms with Crippen LogP contribution in [0.3, 0.4) is 0 Å². The summed E-state index contributed by atoms with van der Waals surface area (Å²) >= 11 is 0. The second kappa shape index (κ2) is 7.16. The zero-order chi connectivity index (χ0) is 17.9. The van der Waals surface area contributed by atoms with E-state index >= 15 is 0 Å². The summed E-state index contributed by atoms with van der Waals surface area (Å²) in [6.45, 7) is 2.89. The first-order valence-corrected chi connectivity index (χ1v) is 9.32. The van der Waals surface area contributed by atoms with Gasteiger partial charge in [-0.25, -0.2) is 0 Å². The third kappa shape index (κ3) is 3.03. The highest BCUT2D eigenvalue weighted by molar-refractivity contribution is 5.94. The van der Waals surface area contributed by atoms with Gasteiger partial charge in [0.15, 0.2) is 0 Å². The van der Waals surface area contributed by atoms with Gasteiger partial charge in [0.2, 0.25) is 0 Å². The minimum absolute atomic E-state index is 0.00712. The number of carbonyl (C=O) groups excluding carboxylic acids is 1. The fourth-order valence-corrected chi connectivity index (χ4v) is 3.57. The van der Waals surface area contributed by atoms with Gasteiger partial charge in [-0.15, -0.1) is 0 Å². The second-order valence-electron chi connectivity index (χ2n) is 6.80. The van der Waals surface area contributed by atoms with Crippen molar-refractivity contribution in [3.05, 3.63) is 65.2 Å². The van der Waals surface area contributed by atoms with Crippen LogP contribution < -0.4 is 5.32 Å². The molecule has 26 heavy (non-hydrogen) atoms. The number of hydrogen-bond donors (Lipinski definition) is 2. The molecule has 4 nitrogen and oxygen atoms in total. The summed E-state index contributed by atoms with van der Waals surface area (Å²) < 4.78 is 0. The Morgan fingerprint density at radius 2 is 1.92 bits per heavy atom. The summed E-state index contributed by atoms with van der Waals surface area (Å²) in [5.74, 6) is -0.00712. The number of aromatic nitrogens is 2. The topological polar surface area (TPSA) is 57.8 Å². The highest BCUT2D eigenvalue weighted by atomic mass is 16.1. The molecular formula is C22H23N3O. The van der Waals surface area contributed by atoms with Gasteiger partial charge in [-0.3, -0.25) is 9.89 Å². The number of unbranched alkanes of at least 4 members (excludes halogenated alkanes) is 2. The summed E-state index contributed by atoms with van der Waals surface area (Å²) in [6, 6.07) is 16.2. The number of nitrogens with one attached hydrogen (secondary N) is 2. The summed E-state index contributed by atoms with van der Waals surface area (Å²) in [6.07, 6.45) is 4.23. The molecule has 0 unspecified atom stereocenters. The lowest BCUT2D eigenvalue weighted by molar-refractivity contribution is 0.0953. The molecule has 4 heteroatoms. The molecular weight excluding hydrogens is 322 g/mol.